The van der Waals surface area contributed by atoms with E-state index < -0.39 is 4.92 Å². The minimum Gasteiger partial charge on any atom is -0.384 e. The molecule has 0 atom stereocenters. The van der Waals surface area contributed by atoms with Gasteiger partial charge in [0.05, 0.1) is 4.92 Å². The highest BCUT2D eigenvalue weighted by molar-refractivity contribution is 5.98. The first-order chi connectivity index (χ1) is 14.0. The van der Waals surface area contributed by atoms with Gasteiger partial charge < -0.3 is 11.1 Å². The Morgan fingerprint density at radius 2 is 1.90 bits per heavy atom. The molecule has 0 aliphatic rings. The first-order valence-corrected chi connectivity index (χ1v) is 9.75. The fourth-order valence-electron chi connectivity index (χ4n) is 3.16. The fraction of sp³-hybridized carbons (Fsp3) is 0.261. The molecule has 6 nitrogen and oxygen atoms in total. The van der Waals surface area contributed by atoms with Gasteiger partial charge in [0.1, 0.15) is 11.5 Å². The number of nitro groups is 1. The van der Waals surface area contributed by atoms with Crippen LogP contribution in [0.2, 0.25) is 0 Å². The first kappa shape index (κ1) is 20.3. The van der Waals surface area contributed by atoms with Crippen LogP contribution in [0, 0.1) is 16.0 Å². The van der Waals surface area contributed by atoms with Crippen LogP contribution in [0.4, 0.5) is 11.4 Å². The van der Waals surface area contributed by atoms with E-state index in [-0.39, 0.29) is 5.69 Å². The molecule has 0 aliphatic heterocycles. The number of aliphatic imine (C=N–C) groups is 1. The predicted octanol–water partition coefficient (Wildman–Crippen LogP) is 5.11. The number of nitrogens with one attached hydrogen (secondary N) is 1. The second kappa shape index (κ2) is 9.19. The third kappa shape index (κ3) is 5.10. The molecule has 0 radical (unpaired) electrons. The van der Waals surface area contributed by atoms with Crippen LogP contribution in [0.1, 0.15) is 31.4 Å². The molecule has 0 aliphatic carbocycles. The normalized spacial score (nSPS) is 11.8. The Labute approximate surface area is 170 Å². The maximum absolute atomic E-state index is 11.6. The summed E-state index contributed by atoms with van der Waals surface area (Å²) in [6.07, 6.45) is 0.924. The monoisotopic (exact) mass is 390 g/mol. The molecule has 0 amide bonds. The summed E-state index contributed by atoms with van der Waals surface area (Å²) in [4.78, 5) is 15.6. The lowest BCUT2D eigenvalue weighted by atomic mass is 10.0. The van der Waals surface area contributed by atoms with Gasteiger partial charge >= 0.3 is 0 Å². The number of anilines is 1. The smallest absolute Gasteiger partial charge is 0.293 e. The number of hydrogen-bond acceptors (Lipinski definition) is 4. The van der Waals surface area contributed by atoms with E-state index in [1.807, 2.05) is 24.3 Å². The number of nitrogens with zero attached hydrogens (tertiary/aromatic N) is 2. The second-order valence-corrected chi connectivity index (χ2v) is 7.43. The lowest BCUT2D eigenvalue weighted by Crippen LogP contribution is -2.15. The third-order valence-electron chi connectivity index (χ3n) is 4.83. The quantitative estimate of drug-likeness (QED) is 0.242. The van der Waals surface area contributed by atoms with E-state index in [1.54, 1.807) is 12.1 Å². The largest absolute Gasteiger partial charge is 0.384 e. The summed E-state index contributed by atoms with van der Waals surface area (Å²) in [5.41, 5.74) is 8.13. The van der Waals surface area contributed by atoms with E-state index in [9.17, 15) is 10.1 Å². The van der Waals surface area contributed by atoms with Crippen molar-refractivity contribution in [3.63, 3.8) is 0 Å². The molecule has 0 bridgehead atoms. The van der Waals surface area contributed by atoms with Crippen molar-refractivity contribution in [2.24, 2.45) is 16.6 Å². The van der Waals surface area contributed by atoms with Crippen molar-refractivity contribution in [3.05, 3.63) is 81.9 Å². The molecule has 0 spiro atoms. The molecule has 29 heavy (non-hydrogen) atoms. The van der Waals surface area contributed by atoms with Crippen molar-refractivity contribution >= 4 is 28.0 Å². The molecule has 6 heteroatoms. The van der Waals surface area contributed by atoms with Crippen molar-refractivity contribution in [1.29, 1.82) is 0 Å². The number of fused-ring (bicyclic) bond motifs is 1. The predicted molar refractivity (Wildman–Crippen MR) is 119 cm³/mol. The van der Waals surface area contributed by atoms with Gasteiger partial charge in [0.15, 0.2) is 0 Å². The Bertz CT molecular complexity index is 1040. The minimum absolute atomic E-state index is 0.00949. The van der Waals surface area contributed by atoms with Gasteiger partial charge in [0, 0.05) is 24.7 Å². The van der Waals surface area contributed by atoms with E-state index in [2.05, 4.69) is 42.4 Å². The highest BCUT2D eigenvalue weighted by Gasteiger charge is 2.16. The molecule has 0 unspecified atom stereocenters. The summed E-state index contributed by atoms with van der Waals surface area (Å²) in [7, 11) is 0. The van der Waals surface area contributed by atoms with Crippen LogP contribution in [0.25, 0.3) is 10.8 Å². The average molecular weight is 390 g/mol. The molecule has 0 fully saturated rings. The summed E-state index contributed by atoms with van der Waals surface area (Å²) in [5.74, 6) is 0.857. The zero-order valence-electron chi connectivity index (χ0n) is 16.8. The van der Waals surface area contributed by atoms with Crippen LogP contribution in [-0.2, 0) is 6.54 Å². The molecule has 150 valence electrons. The van der Waals surface area contributed by atoms with Gasteiger partial charge in [-0.15, -0.1) is 0 Å². The molecule has 3 N–H and O–H groups in total. The highest BCUT2D eigenvalue weighted by Crippen LogP contribution is 2.27. The molecule has 0 heterocycles. The van der Waals surface area contributed by atoms with Crippen molar-refractivity contribution in [2.45, 2.75) is 26.8 Å². The zero-order chi connectivity index (χ0) is 20.8. The number of amidine groups is 1. The van der Waals surface area contributed by atoms with Gasteiger partial charge in [-0.05, 0) is 40.8 Å². The van der Waals surface area contributed by atoms with Crippen LogP contribution in [0.3, 0.4) is 0 Å². The number of rotatable bonds is 8. The Morgan fingerprint density at radius 3 is 2.66 bits per heavy atom. The Balaban J connectivity index is 1.81. The van der Waals surface area contributed by atoms with Crippen molar-refractivity contribution in [1.82, 2.24) is 0 Å². The SMILES string of the molecule is CC(C)CCN=C(N)c1ccc(NCc2cccc3ccccc23)c([N+](=O)[O-])c1. The molecule has 0 aromatic heterocycles. The number of hydrogen-bond donors (Lipinski definition) is 2. The maximum atomic E-state index is 11.6. The van der Waals surface area contributed by atoms with E-state index in [1.165, 1.54) is 6.07 Å². The van der Waals surface area contributed by atoms with Crippen molar-refractivity contribution in [3.8, 4) is 0 Å². The van der Waals surface area contributed by atoms with Crippen LogP contribution in [-0.4, -0.2) is 17.3 Å². The number of nitrogens with two attached hydrogens (primary N) is 1. The minimum atomic E-state index is -0.393. The first-order valence-electron chi connectivity index (χ1n) is 9.75. The Hall–Kier alpha value is -3.41. The summed E-state index contributed by atoms with van der Waals surface area (Å²) in [6.45, 7) is 5.33. The third-order valence-corrected chi connectivity index (χ3v) is 4.83. The van der Waals surface area contributed by atoms with Crippen LogP contribution >= 0.6 is 0 Å². The lowest BCUT2D eigenvalue weighted by Gasteiger charge is -2.11. The van der Waals surface area contributed by atoms with E-state index in [4.69, 9.17) is 5.73 Å². The molecule has 0 saturated carbocycles. The summed E-state index contributed by atoms with van der Waals surface area (Å²) in [6, 6.07) is 19.1. The number of nitro benzene ring substituents is 1. The highest BCUT2D eigenvalue weighted by atomic mass is 16.6. The van der Waals surface area contributed by atoms with Crippen LogP contribution in [0.15, 0.2) is 65.7 Å². The molecule has 0 saturated heterocycles. The molecule has 3 aromatic rings. The van der Waals surface area contributed by atoms with Gasteiger partial charge in [-0.3, -0.25) is 15.1 Å². The average Bonchev–Trinajstić information content (AvgIpc) is 2.71. The topological polar surface area (TPSA) is 93.5 Å². The molecule has 3 aromatic carbocycles. The van der Waals surface area contributed by atoms with Crippen LogP contribution < -0.4 is 11.1 Å². The van der Waals surface area contributed by atoms with Gasteiger partial charge in [-0.2, -0.15) is 0 Å². The van der Waals surface area contributed by atoms with Crippen LogP contribution in [0.5, 0.6) is 0 Å². The van der Waals surface area contributed by atoms with Crippen molar-refractivity contribution < 1.29 is 4.92 Å². The Morgan fingerprint density at radius 1 is 1.14 bits per heavy atom. The van der Waals surface area contributed by atoms with Crippen molar-refractivity contribution in [2.75, 3.05) is 11.9 Å². The van der Waals surface area contributed by atoms with Gasteiger partial charge in [0.25, 0.3) is 5.69 Å². The summed E-state index contributed by atoms with van der Waals surface area (Å²) >= 11 is 0. The van der Waals surface area contributed by atoms with Gasteiger partial charge in [-0.25, -0.2) is 0 Å². The fourth-order valence-corrected chi connectivity index (χ4v) is 3.16. The summed E-state index contributed by atoms with van der Waals surface area (Å²) in [5, 5.41) is 17.1. The molecular formula is C23H26N4O2. The standard InChI is InChI=1S/C23H26N4O2/c1-16(2)12-13-25-23(24)18-10-11-21(22(14-18)27(28)29)26-15-19-8-5-7-17-6-3-4-9-20(17)19/h3-11,14,16,26H,12-13,15H2,1-2H3,(H2,24,25). The zero-order valence-corrected chi connectivity index (χ0v) is 16.8. The van der Waals surface area contributed by atoms with Gasteiger partial charge in [-0.1, -0.05) is 56.3 Å². The molecule has 3 rings (SSSR count). The lowest BCUT2D eigenvalue weighted by molar-refractivity contribution is -0.384. The Kier molecular flexibility index (Phi) is 6.44. The summed E-state index contributed by atoms with van der Waals surface area (Å²) < 4.78 is 0. The van der Waals surface area contributed by atoms with E-state index in [0.29, 0.717) is 36.1 Å². The van der Waals surface area contributed by atoms with Gasteiger partial charge in [0.2, 0.25) is 0 Å². The maximum Gasteiger partial charge on any atom is 0.293 e. The van der Waals surface area contributed by atoms with E-state index >= 15 is 0 Å². The molecular weight excluding hydrogens is 364 g/mol. The van der Waals surface area contributed by atoms with E-state index in [0.717, 1.165) is 22.8 Å². The number of benzene rings is 3. The second-order valence-electron chi connectivity index (χ2n) is 7.43.